The van der Waals surface area contributed by atoms with Gasteiger partial charge in [-0.2, -0.15) is 0 Å². The van der Waals surface area contributed by atoms with E-state index in [2.05, 4.69) is 4.90 Å². The van der Waals surface area contributed by atoms with Crippen LogP contribution in [0.5, 0.6) is 11.5 Å². The molecule has 0 aliphatic carbocycles. The molecule has 6 heteroatoms. The number of rotatable bonds is 10. The standard InChI is InChI=1S/C21H33NO4.ClH/c1-4-24-21(23)18-11-14-22(15-12-18)13-5-6-16-25-19-7-9-20(10-8-19)26-17(2)3;/h7-10,17-18H,4-6,11-16H2,1-3H3;1H. The van der Waals surface area contributed by atoms with E-state index in [9.17, 15) is 4.79 Å². The maximum atomic E-state index is 11.7. The van der Waals surface area contributed by atoms with Crippen LogP contribution in [0.1, 0.15) is 46.5 Å². The van der Waals surface area contributed by atoms with Crippen molar-refractivity contribution in [2.24, 2.45) is 5.92 Å². The van der Waals surface area contributed by atoms with E-state index in [0.29, 0.717) is 6.61 Å². The summed E-state index contributed by atoms with van der Waals surface area (Å²) in [7, 11) is 0. The van der Waals surface area contributed by atoms with Crippen molar-refractivity contribution in [1.82, 2.24) is 4.90 Å². The van der Waals surface area contributed by atoms with Gasteiger partial charge in [0.2, 0.25) is 0 Å². The van der Waals surface area contributed by atoms with Gasteiger partial charge in [0.1, 0.15) is 11.5 Å². The zero-order valence-corrected chi connectivity index (χ0v) is 17.6. The predicted molar refractivity (Wildman–Crippen MR) is 110 cm³/mol. The van der Waals surface area contributed by atoms with Crippen LogP contribution in [0.3, 0.4) is 0 Å². The van der Waals surface area contributed by atoms with Gasteiger partial charge < -0.3 is 19.1 Å². The molecule has 2 rings (SSSR count). The Labute approximate surface area is 169 Å². The molecule has 0 N–H and O–H groups in total. The monoisotopic (exact) mass is 399 g/mol. The van der Waals surface area contributed by atoms with Crippen molar-refractivity contribution < 1.29 is 19.0 Å². The summed E-state index contributed by atoms with van der Waals surface area (Å²) in [5, 5.41) is 0. The number of unbranched alkanes of at least 4 members (excludes halogenated alkanes) is 1. The van der Waals surface area contributed by atoms with Gasteiger partial charge in [0, 0.05) is 0 Å². The lowest BCUT2D eigenvalue weighted by molar-refractivity contribution is -0.149. The zero-order chi connectivity index (χ0) is 18.8. The lowest BCUT2D eigenvalue weighted by atomic mass is 9.97. The van der Waals surface area contributed by atoms with E-state index < -0.39 is 0 Å². The molecule has 1 aromatic rings. The van der Waals surface area contributed by atoms with Crippen LogP contribution in [-0.4, -0.2) is 49.8 Å². The minimum atomic E-state index is -0.0228. The van der Waals surface area contributed by atoms with Crippen molar-refractivity contribution in [1.29, 1.82) is 0 Å². The Bertz CT molecular complexity index is 527. The van der Waals surface area contributed by atoms with Crippen molar-refractivity contribution >= 4 is 18.4 Å². The zero-order valence-electron chi connectivity index (χ0n) is 16.8. The Morgan fingerprint density at radius 2 is 1.74 bits per heavy atom. The first-order valence-corrected chi connectivity index (χ1v) is 9.87. The van der Waals surface area contributed by atoms with Gasteiger partial charge >= 0.3 is 5.97 Å². The number of piperidine rings is 1. The summed E-state index contributed by atoms with van der Waals surface area (Å²) in [5.74, 6) is 1.83. The number of hydrogen-bond donors (Lipinski definition) is 0. The van der Waals surface area contributed by atoms with E-state index in [1.165, 1.54) is 0 Å². The van der Waals surface area contributed by atoms with Crippen LogP contribution >= 0.6 is 12.4 Å². The quantitative estimate of drug-likeness (QED) is 0.433. The Hall–Kier alpha value is -1.46. The summed E-state index contributed by atoms with van der Waals surface area (Å²) in [6, 6.07) is 7.81. The van der Waals surface area contributed by atoms with Crippen molar-refractivity contribution in [3.05, 3.63) is 24.3 Å². The largest absolute Gasteiger partial charge is 0.494 e. The van der Waals surface area contributed by atoms with Gasteiger partial charge in [-0.3, -0.25) is 4.79 Å². The molecule has 154 valence electrons. The normalized spacial score (nSPS) is 15.3. The number of carbonyl (C=O) groups is 1. The van der Waals surface area contributed by atoms with Gasteiger partial charge in [-0.05, 0) is 90.4 Å². The van der Waals surface area contributed by atoms with Crippen molar-refractivity contribution in [2.45, 2.75) is 52.6 Å². The molecule has 0 spiro atoms. The third-order valence-corrected chi connectivity index (χ3v) is 4.54. The van der Waals surface area contributed by atoms with Crippen LogP contribution in [0.4, 0.5) is 0 Å². The number of halogens is 1. The fraction of sp³-hybridized carbons (Fsp3) is 0.667. The highest BCUT2D eigenvalue weighted by molar-refractivity contribution is 5.85. The molecule has 1 saturated heterocycles. The van der Waals surface area contributed by atoms with Crippen molar-refractivity contribution in [3.63, 3.8) is 0 Å². The first-order valence-electron chi connectivity index (χ1n) is 9.87. The molecule has 27 heavy (non-hydrogen) atoms. The summed E-state index contributed by atoms with van der Waals surface area (Å²) in [6.07, 6.45) is 4.16. The molecule has 1 aliphatic rings. The van der Waals surface area contributed by atoms with Crippen molar-refractivity contribution in [2.75, 3.05) is 32.8 Å². The number of hydrogen-bond acceptors (Lipinski definition) is 5. The maximum Gasteiger partial charge on any atom is 0.309 e. The molecule has 0 amide bonds. The van der Waals surface area contributed by atoms with Crippen LogP contribution in [0.25, 0.3) is 0 Å². The molecule has 0 atom stereocenters. The fourth-order valence-corrected chi connectivity index (χ4v) is 3.17. The molecule has 0 unspecified atom stereocenters. The molecule has 1 aliphatic heterocycles. The minimum absolute atomic E-state index is 0. The summed E-state index contributed by atoms with van der Waals surface area (Å²) in [4.78, 5) is 14.2. The average Bonchev–Trinajstić information content (AvgIpc) is 2.63. The van der Waals surface area contributed by atoms with E-state index in [1.807, 2.05) is 45.0 Å². The van der Waals surface area contributed by atoms with Crippen LogP contribution in [0, 0.1) is 5.92 Å². The van der Waals surface area contributed by atoms with Crippen LogP contribution < -0.4 is 9.47 Å². The third-order valence-electron chi connectivity index (χ3n) is 4.54. The molecular formula is C21H34ClNO4. The SMILES string of the molecule is CCOC(=O)C1CCN(CCCCOc2ccc(OC(C)C)cc2)CC1.Cl. The third kappa shape index (κ3) is 8.85. The summed E-state index contributed by atoms with van der Waals surface area (Å²) >= 11 is 0. The van der Waals surface area contributed by atoms with E-state index in [1.54, 1.807) is 0 Å². The highest BCUT2D eigenvalue weighted by Crippen LogP contribution is 2.20. The first-order chi connectivity index (χ1) is 12.6. The van der Waals surface area contributed by atoms with Gasteiger partial charge in [0.15, 0.2) is 0 Å². The number of nitrogens with zero attached hydrogens (tertiary/aromatic N) is 1. The molecule has 0 bridgehead atoms. The van der Waals surface area contributed by atoms with E-state index >= 15 is 0 Å². The van der Waals surface area contributed by atoms with Gasteiger partial charge in [-0.25, -0.2) is 0 Å². The Morgan fingerprint density at radius 3 is 2.33 bits per heavy atom. The van der Waals surface area contributed by atoms with Gasteiger partial charge in [-0.15, -0.1) is 12.4 Å². The lowest BCUT2D eigenvalue weighted by Crippen LogP contribution is -2.37. The molecule has 0 saturated carbocycles. The Morgan fingerprint density at radius 1 is 1.11 bits per heavy atom. The number of benzene rings is 1. The molecule has 5 nitrogen and oxygen atoms in total. The summed E-state index contributed by atoms with van der Waals surface area (Å²) in [5.41, 5.74) is 0. The summed E-state index contributed by atoms with van der Waals surface area (Å²) < 4.78 is 16.5. The average molecular weight is 400 g/mol. The second-order valence-electron chi connectivity index (χ2n) is 7.06. The van der Waals surface area contributed by atoms with Gasteiger partial charge in [0.25, 0.3) is 0 Å². The second kappa shape index (κ2) is 12.8. The van der Waals surface area contributed by atoms with Crippen LogP contribution in [-0.2, 0) is 9.53 Å². The lowest BCUT2D eigenvalue weighted by Gasteiger charge is -2.30. The Kier molecular flexibility index (Phi) is 11.2. The second-order valence-corrected chi connectivity index (χ2v) is 7.06. The summed E-state index contributed by atoms with van der Waals surface area (Å²) in [6.45, 7) is 10.1. The smallest absolute Gasteiger partial charge is 0.309 e. The number of carbonyl (C=O) groups excluding carboxylic acids is 1. The molecule has 0 radical (unpaired) electrons. The molecular weight excluding hydrogens is 366 g/mol. The highest BCUT2D eigenvalue weighted by atomic mass is 35.5. The van der Waals surface area contributed by atoms with Crippen molar-refractivity contribution in [3.8, 4) is 11.5 Å². The van der Waals surface area contributed by atoms with Crippen LogP contribution in [0.15, 0.2) is 24.3 Å². The topological polar surface area (TPSA) is 48.0 Å². The number of esters is 1. The van der Waals surface area contributed by atoms with E-state index in [-0.39, 0.29) is 30.4 Å². The Balaban J connectivity index is 0.00000364. The molecule has 1 fully saturated rings. The maximum absolute atomic E-state index is 11.7. The van der Waals surface area contributed by atoms with Gasteiger partial charge in [0.05, 0.1) is 25.2 Å². The predicted octanol–water partition coefficient (Wildman–Crippen LogP) is 4.33. The van der Waals surface area contributed by atoms with E-state index in [0.717, 1.165) is 63.4 Å². The highest BCUT2D eigenvalue weighted by Gasteiger charge is 2.25. The molecule has 1 heterocycles. The minimum Gasteiger partial charge on any atom is -0.494 e. The first kappa shape index (κ1) is 23.6. The number of likely N-dealkylation sites (tertiary alicyclic amines) is 1. The number of ether oxygens (including phenoxy) is 3. The van der Waals surface area contributed by atoms with Crippen LogP contribution in [0.2, 0.25) is 0 Å². The van der Waals surface area contributed by atoms with Gasteiger partial charge in [-0.1, -0.05) is 0 Å². The molecule has 0 aromatic heterocycles. The molecule has 1 aromatic carbocycles. The fourth-order valence-electron chi connectivity index (χ4n) is 3.17. The van der Waals surface area contributed by atoms with E-state index in [4.69, 9.17) is 14.2 Å².